The van der Waals surface area contributed by atoms with Gasteiger partial charge in [-0.2, -0.15) is 0 Å². The van der Waals surface area contributed by atoms with E-state index in [9.17, 15) is 33.9 Å². The van der Waals surface area contributed by atoms with Gasteiger partial charge in [-0.3, -0.25) is 14.4 Å². The van der Waals surface area contributed by atoms with Gasteiger partial charge >= 0.3 is 23.9 Å². The molecule has 1 aromatic carbocycles. The summed E-state index contributed by atoms with van der Waals surface area (Å²) in [6.45, 7) is -0.228. The van der Waals surface area contributed by atoms with E-state index in [-0.39, 0.29) is 38.3 Å². The number of carbonyl (C=O) groups is 6. The maximum atomic E-state index is 12.0. The van der Waals surface area contributed by atoms with Gasteiger partial charge in [-0.05, 0) is 59.7 Å². The number of aliphatic carboxylic acids is 3. The van der Waals surface area contributed by atoms with E-state index >= 15 is 0 Å². The van der Waals surface area contributed by atoms with Crippen LogP contribution in [0.2, 0.25) is 0 Å². The molecule has 0 spiro atoms. The topological polar surface area (TPSA) is 211 Å². The average molecular weight is 592 g/mol. The molecule has 0 aromatic heterocycles. The average Bonchev–Trinajstić information content (AvgIpc) is 2.75. The van der Waals surface area contributed by atoms with Crippen molar-refractivity contribution in [3.63, 3.8) is 0 Å². The molecule has 13 nitrogen and oxygen atoms in total. The third kappa shape index (κ3) is 11.4. The van der Waals surface area contributed by atoms with Crippen LogP contribution in [0.3, 0.4) is 0 Å². The first kappa shape index (κ1) is 28.6. The minimum atomic E-state index is -1.43. The second-order valence-electron chi connectivity index (χ2n) is 6.98. The van der Waals surface area contributed by atoms with Gasteiger partial charge in [-0.25, -0.2) is 14.4 Å². The molecule has 0 radical (unpaired) electrons. The lowest BCUT2D eigenvalue weighted by Crippen LogP contribution is -2.48. The number of hydrogen-bond donors (Lipinski definition) is 7. The van der Waals surface area contributed by atoms with E-state index in [1.54, 1.807) is 24.3 Å². The molecule has 1 aromatic rings. The van der Waals surface area contributed by atoms with Crippen molar-refractivity contribution in [2.45, 2.75) is 37.8 Å². The van der Waals surface area contributed by atoms with Crippen molar-refractivity contribution in [3.8, 4) is 0 Å². The van der Waals surface area contributed by atoms with Crippen LogP contribution in [0.1, 0.15) is 36.0 Å². The van der Waals surface area contributed by atoms with Gasteiger partial charge in [0, 0.05) is 35.1 Å². The number of rotatable bonds is 14. The highest BCUT2D eigenvalue weighted by molar-refractivity contribution is 14.1. The highest BCUT2D eigenvalue weighted by atomic mass is 127. The SMILES string of the molecule is O=C(O)CC[C@H](NC(=O)NCC[C@H](NC(=O)CCNC(=O)c1ccc(I)cc1)C(=O)O)C(=O)O. The predicted octanol–water partition coefficient (Wildman–Crippen LogP) is -0.0122. The Balaban J connectivity index is 2.40. The van der Waals surface area contributed by atoms with Crippen molar-refractivity contribution < 1.29 is 44.1 Å². The number of amides is 4. The molecule has 0 fully saturated rings. The van der Waals surface area contributed by atoms with Gasteiger partial charge in [-0.15, -0.1) is 0 Å². The van der Waals surface area contributed by atoms with Crippen LogP contribution in [0.5, 0.6) is 0 Å². The lowest BCUT2D eigenvalue weighted by Gasteiger charge is -2.17. The number of benzene rings is 1. The third-order valence-corrected chi connectivity index (χ3v) is 5.07. The maximum absolute atomic E-state index is 12.0. The third-order valence-electron chi connectivity index (χ3n) is 4.35. The summed E-state index contributed by atoms with van der Waals surface area (Å²) in [4.78, 5) is 68.9. The normalized spacial score (nSPS) is 12.0. The number of carboxylic acid groups (broad SMARTS) is 3. The van der Waals surface area contributed by atoms with Crippen LogP contribution < -0.4 is 21.3 Å². The summed E-state index contributed by atoms with van der Waals surface area (Å²) >= 11 is 2.10. The highest BCUT2D eigenvalue weighted by Gasteiger charge is 2.22. The van der Waals surface area contributed by atoms with Gasteiger partial charge in [0.25, 0.3) is 5.91 Å². The van der Waals surface area contributed by atoms with Crippen molar-refractivity contribution >= 4 is 58.3 Å². The summed E-state index contributed by atoms with van der Waals surface area (Å²) in [5, 5.41) is 36.1. The van der Waals surface area contributed by atoms with Gasteiger partial charge in [-0.1, -0.05) is 0 Å². The number of nitrogens with one attached hydrogen (secondary N) is 4. The van der Waals surface area contributed by atoms with Crippen LogP contribution in [0.4, 0.5) is 4.79 Å². The Kier molecular flexibility index (Phi) is 12.3. The molecule has 4 amide bonds. The zero-order valence-corrected chi connectivity index (χ0v) is 20.0. The van der Waals surface area contributed by atoms with E-state index in [2.05, 4.69) is 43.9 Å². The number of urea groups is 1. The standard InChI is InChI=1S/C20H25IN4O9/c21-12-3-1-11(2-4-12)17(29)22-10-8-15(26)24-14(19(32)33)7-9-23-20(34)25-13(18(30)31)5-6-16(27)28/h1-4,13-14H,5-10H2,(H,22,29)(H,24,26)(H,27,28)(H,30,31)(H,32,33)(H2,23,25,34)/t13-,14-/m0/s1. The van der Waals surface area contributed by atoms with Gasteiger partial charge in [0.1, 0.15) is 12.1 Å². The predicted molar refractivity (Wildman–Crippen MR) is 125 cm³/mol. The molecule has 0 saturated heterocycles. The molecule has 186 valence electrons. The van der Waals surface area contributed by atoms with Gasteiger partial charge in [0.2, 0.25) is 5.91 Å². The first-order valence-electron chi connectivity index (χ1n) is 10.0. The lowest BCUT2D eigenvalue weighted by molar-refractivity contribution is -0.142. The number of carboxylic acids is 3. The van der Waals surface area contributed by atoms with E-state index in [0.717, 1.165) is 3.57 Å². The van der Waals surface area contributed by atoms with Crippen molar-refractivity contribution in [1.29, 1.82) is 0 Å². The quantitative estimate of drug-likeness (QED) is 0.145. The Morgan fingerprint density at radius 3 is 1.91 bits per heavy atom. The Hall–Kier alpha value is -3.43. The Morgan fingerprint density at radius 2 is 1.35 bits per heavy atom. The fourth-order valence-electron chi connectivity index (χ4n) is 2.58. The van der Waals surface area contributed by atoms with Gasteiger partial charge in [0.05, 0.1) is 0 Å². The summed E-state index contributed by atoms with van der Waals surface area (Å²) in [5.74, 6) is -4.98. The summed E-state index contributed by atoms with van der Waals surface area (Å²) < 4.78 is 0.958. The maximum Gasteiger partial charge on any atom is 0.326 e. The Labute approximate surface area is 207 Å². The van der Waals surface area contributed by atoms with Crippen molar-refractivity contribution in [3.05, 3.63) is 33.4 Å². The molecule has 0 bridgehead atoms. The van der Waals surface area contributed by atoms with Crippen LogP contribution in [0, 0.1) is 3.57 Å². The van der Waals surface area contributed by atoms with Crippen LogP contribution in [0.25, 0.3) is 0 Å². The zero-order valence-electron chi connectivity index (χ0n) is 17.9. The molecule has 1 rings (SSSR count). The minimum absolute atomic E-state index is 0.0173. The zero-order chi connectivity index (χ0) is 25.7. The molecule has 2 atom stereocenters. The number of hydrogen-bond acceptors (Lipinski definition) is 6. The second kappa shape index (κ2) is 14.7. The molecule has 0 saturated carbocycles. The molecule has 0 aliphatic heterocycles. The van der Waals surface area contributed by atoms with Crippen LogP contribution >= 0.6 is 22.6 Å². The van der Waals surface area contributed by atoms with Crippen LogP contribution in [0.15, 0.2) is 24.3 Å². The molecular formula is C20H25IN4O9. The monoisotopic (exact) mass is 592 g/mol. The van der Waals surface area contributed by atoms with E-state index in [0.29, 0.717) is 5.56 Å². The first-order chi connectivity index (χ1) is 16.0. The molecule has 0 heterocycles. The molecule has 7 N–H and O–H groups in total. The van der Waals surface area contributed by atoms with E-state index in [1.807, 2.05) is 0 Å². The van der Waals surface area contributed by atoms with Gasteiger partial charge < -0.3 is 36.6 Å². The molecule has 14 heteroatoms. The largest absolute Gasteiger partial charge is 0.481 e. The fraction of sp³-hybridized carbons (Fsp3) is 0.400. The van der Waals surface area contributed by atoms with E-state index < -0.39 is 48.4 Å². The highest BCUT2D eigenvalue weighted by Crippen LogP contribution is 2.06. The van der Waals surface area contributed by atoms with Crippen LogP contribution in [-0.4, -0.2) is 76.2 Å². The summed E-state index contributed by atoms with van der Waals surface area (Å²) in [6.07, 6.45) is -1.16. The minimum Gasteiger partial charge on any atom is -0.481 e. The molecular weight excluding hydrogens is 567 g/mol. The fourth-order valence-corrected chi connectivity index (χ4v) is 2.94. The second-order valence-corrected chi connectivity index (χ2v) is 8.23. The summed E-state index contributed by atoms with van der Waals surface area (Å²) in [5.41, 5.74) is 0.418. The summed E-state index contributed by atoms with van der Waals surface area (Å²) in [6, 6.07) is 3.09. The van der Waals surface area contributed by atoms with E-state index in [1.165, 1.54) is 0 Å². The molecule has 34 heavy (non-hydrogen) atoms. The van der Waals surface area contributed by atoms with Crippen LogP contribution in [-0.2, 0) is 19.2 Å². The van der Waals surface area contributed by atoms with Gasteiger partial charge in [0.15, 0.2) is 0 Å². The molecule has 0 unspecified atom stereocenters. The van der Waals surface area contributed by atoms with Crippen molar-refractivity contribution in [2.24, 2.45) is 0 Å². The number of carbonyl (C=O) groups excluding carboxylic acids is 3. The Morgan fingerprint density at radius 1 is 0.765 bits per heavy atom. The molecule has 0 aliphatic carbocycles. The Bertz CT molecular complexity index is 908. The smallest absolute Gasteiger partial charge is 0.326 e. The molecule has 0 aliphatic rings. The van der Waals surface area contributed by atoms with Crippen molar-refractivity contribution in [1.82, 2.24) is 21.3 Å². The lowest BCUT2D eigenvalue weighted by atomic mass is 10.1. The number of halogens is 1. The van der Waals surface area contributed by atoms with E-state index in [4.69, 9.17) is 10.2 Å². The first-order valence-corrected chi connectivity index (χ1v) is 11.1. The van der Waals surface area contributed by atoms with Crippen molar-refractivity contribution in [2.75, 3.05) is 13.1 Å². The summed E-state index contributed by atoms with van der Waals surface area (Å²) in [7, 11) is 0.